The smallest absolute Gasteiger partial charge is 0.247 e. The number of allylic oxidation sites excluding steroid dienone is 3. The first-order valence-electron chi connectivity index (χ1n) is 8.31. The van der Waals surface area contributed by atoms with Gasteiger partial charge in [-0.15, -0.1) is 0 Å². The minimum Gasteiger partial charge on any atom is -0.329 e. The highest BCUT2D eigenvalue weighted by molar-refractivity contribution is 5.88. The molecule has 1 aromatic heterocycles. The molecule has 3 rings (SSSR count). The van der Waals surface area contributed by atoms with Crippen molar-refractivity contribution in [3.8, 4) is 0 Å². The van der Waals surface area contributed by atoms with Crippen molar-refractivity contribution >= 4 is 16.9 Å². The number of carbonyl (C=O) groups is 1. The van der Waals surface area contributed by atoms with Gasteiger partial charge in [0.15, 0.2) is 0 Å². The van der Waals surface area contributed by atoms with Gasteiger partial charge in [0.2, 0.25) is 5.91 Å². The summed E-state index contributed by atoms with van der Waals surface area (Å²) in [4.78, 5) is 19.3. The van der Waals surface area contributed by atoms with Gasteiger partial charge in [0.25, 0.3) is 0 Å². The van der Waals surface area contributed by atoms with E-state index in [1.165, 1.54) is 0 Å². The molecular weight excluding hydrogens is 286 g/mol. The fourth-order valence-electron chi connectivity index (χ4n) is 3.32. The first kappa shape index (κ1) is 15.5. The van der Waals surface area contributed by atoms with E-state index in [1.54, 1.807) is 12.2 Å². The number of aromatic nitrogens is 2. The van der Waals surface area contributed by atoms with Gasteiger partial charge < -0.3 is 9.47 Å². The molecule has 4 heteroatoms. The predicted molar refractivity (Wildman–Crippen MR) is 93.0 cm³/mol. The van der Waals surface area contributed by atoms with Gasteiger partial charge in [0.05, 0.1) is 17.1 Å². The van der Waals surface area contributed by atoms with E-state index in [2.05, 4.69) is 17.6 Å². The number of fused-ring (bicyclic) bond motifs is 1. The number of amides is 1. The molecule has 0 aliphatic carbocycles. The number of aryl methyl sites for hydroxylation is 1. The van der Waals surface area contributed by atoms with E-state index < -0.39 is 0 Å². The highest BCUT2D eigenvalue weighted by Crippen LogP contribution is 2.33. The van der Waals surface area contributed by atoms with Crippen LogP contribution in [0.5, 0.6) is 0 Å². The molecule has 0 spiro atoms. The molecule has 0 N–H and O–H groups in total. The lowest BCUT2D eigenvalue weighted by molar-refractivity contribution is -0.127. The lowest BCUT2D eigenvalue weighted by Crippen LogP contribution is -2.30. The van der Waals surface area contributed by atoms with Crippen LogP contribution in [0.4, 0.5) is 0 Å². The van der Waals surface area contributed by atoms with Crippen molar-refractivity contribution in [1.29, 1.82) is 0 Å². The van der Waals surface area contributed by atoms with Crippen LogP contribution in [0.2, 0.25) is 0 Å². The van der Waals surface area contributed by atoms with E-state index >= 15 is 0 Å². The Morgan fingerprint density at radius 1 is 1.35 bits per heavy atom. The maximum absolute atomic E-state index is 12.5. The summed E-state index contributed by atoms with van der Waals surface area (Å²) in [6.07, 6.45) is 9.26. The molecule has 1 atom stereocenters. The van der Waals surface area contributed by atoms with E-state index in [9.17, 15) is 4.79 Å². The molecule has 2 heterocycles. The Morgan fingerprint density at radius 3 is 2.96 bits per heavy atom. The number of hydrogen-bond acceptors (Lipinski definition) is 2. The largest absolute Gasteiger partial charge is 0.329 e. The van der Waals surface area contributed by atoms with Gasteiger partial charge in [0.1, 0.15) is 5.82 Å². The first-order chi connectivity index (χ1) is 11.3. The number of likely N-dealkylation sites (tertiary alicyclic amines) is 1. The van der Waals surface area contributed by atoms with Crippen molar-refractivity contribution in [3.63, 3.8) is 0 Å². The van der Waals surface area contributed by atoms with E-state index in [4.69, 9.17) is 4.98 Å². The van der Waals surface area contributed by atoms with Gasteiger partial charge in [-0.3, -0.25) is 4.79 Å². The molecule has 0 bridgehead atoms. The minimum atomic E-state index is 0.0697. The number of para-hydroxylation sites is 2. The molecular formula is C19H23N3O. The highest BCUT2D eigenvalue weighted by atomic mass is 16.2. The standard InChI is InChI=1S/C19H23N3O/c1-3-5-6-13-18(23)22-14-9-12-17(22)19-20-15-10-7-8-11-16(15)21(19)4-2/h3,5-8,10-11,13,17H,4,9,12,14H2,1-2H3/b5-3+,13-6+. The van der Waals surface area contributed by atoms with Crippen LogP contribution in [-0.2, 0) is 11.3 Å². The summed E-state index contributed by atoms with van der Waals surface area (Å²) in [5.41, 5.74) is 2.15. The van der Waals surface area contributed by atoms with Gasteiger partial charge in [-0.1, -0.05) is 30.4 Å². The molecule has 1 aromatic carbocycles. The molecule has 1 fully saturated rings. The van der Waals surface area contributed by atoms with Crippen LogP contribution in [0.15, 0.2) is 48.6 Å². The summed E-state index contributed by atoms with van der Waals surface area (Å²) < 4.78 is 2.24. The second-order valence-corrected chi connectivity index (χ2v) is 5.78. The highest BCUT2D eigenvalue weighted by Gasteiger charge is 2.32. The monoisotopic (exact) mass is 309 g/mol. The van der Waals surface area contributed by atoms with Crippen molar-refractivity contribution in [2.75, 3.05) is 6.54 Å². The normalized spacial score (nSPS) is 18.7. The third-order valence-electron chi connectivity index (χ3n) is 4.38. The molecule has 1 aliphatic heterocycles. The van der Waals surface area contributed by atoms with Gasteiger partial charge in [-0.05, 0) is 38.8 Å². The topological polar surface area (TPSA) is 38.1 Å². The van der Waals surface area contributed by atoms with E-state index in [0.29, 0.717) is 0 Å². The predicted octanol–water partition coefficient (Wildman–Crippen LogP) is 3.85. The van der Waals surface area contributed by atoms with E-state index in [0.717, 1.165) is 42.8 Å². The summed E-state index contributed by atoms with van der Waals surface area (Å²) in [5.74, 6) is 1.08. The fourth-order valence-corrected chi connectivity index (χ4v) is 3.32. The van der Waals surface area contributed by atoms with Crippen molar-refractivity contribution in [3.05, 3.63) is 54.4 Å². The van der Waals surface area contributed by atoms with Gasteiger partial charge in [0, 0.05) is 19.2 Å². The zero-order valence-electron chi connectivity index (χ0n) is 13.8. The Labute approximate surface area is 137 Å². The lowest BCUT2D eigenvalue weighted by Gasteiger charge is -2.23. The zero-order chi connectivity index (χ0) is 16.2. The Bertz CT molecular complexity index is 757. The summed E-state index contributed by atoms with van der Waals surface area (Å²) >= 11 is 0. The molecule has 0 radical (unpaired) electrons. The number of rotatable bonds is 4. The molecule has 120 valence electrons. The number of imidazole rings is 1. The Balaban J connectivity index is 1.95. The van der Waals surface area contributed by atoms with Gasteiger partial charge in [-0.2, -0.15) is 0 Å². The summed E-state index contributed by atoms with van der Waals surface area (Å²) in [7, 11) is 0. The number of carbonyl (C=O) groups excluding carboxylic acids is 1. The second kappa shape index (κ2) is 6.82. The number of nitrogens with zero attached hydrogens (tertiary/aromatic N) is 3. The molecule has 1 amide bonds. The quantitative estimate of drug-likeness (QED) is 0.635. The van der Waals surface area contributed by atoms with Crippen LogP contribution >= 0.6 is 0 Å². The molecule has 23 heavy (non-hydrogen) atoms. The first-order valence-corrected chi connectivity index (χ1v) is 8.31. The summed E-state index contributed by atoms with van der Waals surface area (Å²) in [6.45, 7) is 5.74. The second-order valence-electron chi connectivity index (χ2n) is 5.78. The summed E-state index contributed by atoms with van der Waals surface area (Å²) in [5, 5.41) is 0. The van der Waals surface area contributed by atoms with Gasteiger partial charge >= 0.3 is 0 Å². The van der Waals surface area contributed by atoms with Crippen LogP contribution in [0.1, 0.15) is 38.6 Å². The summed E-state index contributed by atoms with van der Waals surface area (Å²) in [6, 6.07) is 8.26. The third kappa shape index (κ3) is 2.93. The SMILES string of the molecule is C/C=C/C=C/C(=O)N1CCCC1c1nc2ccccc2n1CC. The van der Waals surface area contributed by atoms with Crippen LogP contribution in [0.25, 0.3) is 11.0 Å². The van der Waals surface area contributed by atoms with Crippen molar-refractivity contribution in [2.24, 2.45) is 0 Å². The lowest BCUT2D eigenvalue weighted by atomic mass is 10.2. The Morgan fingerprint density at radius 2 is 2.17 bits per heavy atom. The molecule has 1 saturated heterocycles. The Kier molecular flexibility index (Phi) is 4.60. The molecule has 0 saturated carbocycles. The van der Waals surface area contributed by atoms with Crippen LogP contribution in [0, 0.1) is 0 Å². The van der Waals surface area contributed by atoms with E-state index in [1.807, 2.05) is 42.2 Å². The number of benzene rings is 1. The van der Waals surface area contributed by atoms with Crippen molar-refractivity contribution in [1.82, 2.24) is 14.5 Å². The maximum atomic E-state index is 12.5. The van der Waals surface area contributed by atoms with Crippen LogP contribution in [0.3, 0.4) is 0 Å². The average Bonchev–Trinajstić information content (AvgIpc) is 3.18. The van der Waals surface area contributed by atoms with Crippen molar-refractivity contribution in [2.45, 2.75) is 39.3 Å². The van der Waals surface area contributed by atoms with E-state index in [-0.39, 0.29) is 11.9 Å². The van der Waals surface area contributed by atoms with Gasteiger partial charge in [-0.25, -0.2) is 4.98 Å². The molecule has 1 unspecified atom stereocenters. The minimum absolute atomic E-state index is 0.0697. The third-order valence-corrected chi connectivity index (χ3v) is 4.38. The molecule has 1 aliphatic rings. The molecule has 4 nitrogen and oxygen atoms in total. The maximum Gasteiger partial charge on any atom is 0.247 e. The molecule has 2 aromatic rings. The Hall–Kier alpha value is -2.36. The van der Waals surface area contributed by atoms with Crippen LogP contribution < -0.4 is 0 Å². The average molecular weight is 309 g/mol. The van der Waals surface area contributed by atoms with Crippen molar-refractivity contribution < 1.29 is 4.79 Å². The number of hydrogen-bond donors (Lipinski definition) is 0. The fraction of sp³-hybridized carbons (Fsp3) is 0.368. The zero-order valence-corrected chi connectivity index (χ0v) is 13.8. The van der Waals surface area contributed by atoms with Crippen LogP contribution in [-0.4, -0.2) is 26.9 Å².